The zero-order valence-electron chi connectivity index (χ0n) is 12.0. The molecule has 1 aliphatic heterocycles. The number of nitrogens with zero attached hydrogens (tertiary/aromatic N) is 2. The van der Waals surface area contributed by atoms with E-state index in [-0.39, 0.29) is 11.6 Å². The Balaban J connectivity index is 2.05. The third-order valence-electron chi connectivity index (χ3n) is 4.85. The van der Waals surface area contributed by atoms with E-state index in [0.717, 1.165) is 25.9 Å². The van der Waals surface area contributed by atoms with Gasteiger partial charge in [-0.05, 0) is 46.8 Å². The number of likely N-dealkylation sites (tertiary alicyclic amines) is 1. The van der Waals surface area contributed by atoms with Crippen LogP contribution in [-0.2, 0) is 4.79 Å². The molecule has 1 amide bonds. The third kappa shape index (κ3) is 2.54. The van der Waals surface area contributed by atoms with Crippen LogP contribution in [0.15, 0.2) is 0 Å². The summed E-state index contributed by atoms with van der Waals surface area (Å²) in [7, 11) is 6.22. The Morgan fingerprint density at radius 2 is 2.00 bits per heavy atom. The first-order valence-electron chi connectivity index (χ1n) is 7.22. The molecule has 0 bridgehead atoms. The van der Waals surface area contributed by atoms with E-state index < -0.39 is 0 Å². The zero-order valence-corrected chi connectivity index (χ0v) is 12.0. The summed E-state index contributed by atoms with van der Waals surface area (Å²) in [6.45, 7) is 1.85. The molecule has 0 radical (unpaired) electrons. The highest BCUT2D eigenvalue weighted by Crippen LogP contribution is 2.35. The van der Waals surface area contributed by atoms with Crippen molar-refractivity contribution < 1.29 is 4.79 Å². The minimum absolute atomic E-state index is 0.0411. The van der Waals surface area contributed by atoms with E-state index in [2.05, 4.69) is 29.2 Å². The van der Waals surface area contributed by atoms with E-state index in [0.29, 0.717) is 5.91 Å². The molecule has 0 aromatic heterocycles. The summed E-state index contributed by atoms with van der Waals surface area (Å²) >= 11 is 0. The summed E-state index contributed by atoms with van der Waals surface area (Å²) < 4.78 is 0. The summed E-state index contributed by atoms with van der Waals surface area (Å²) in [4.78, 5) is 16.8. The fraction of sp³-hybridized carbons (Fsp3) is 0.929. The molecule has 1 saturated heterocycles. The second-order valence-corrected chi connectivity index (χ2v) is 6.07. The number of likely N-dealkylation sites (N-methyl/N-ethyl adjacent to an activating group) is 2. The van der Waals surface area contributed by atoms with Gasteiger partial charge in [-0.1, -0.05) is 12.8 Å². The Kier molecular flexibility index (Phi) is 4.28. The molecule has 1 heterocycles. The van der Waals surface area contributed by atoms with Gasteiger partial charge in [0.1, 0.15) is 0 Å². The number of nitrogens with one attached hydrogen (secondary N) is 1. The van der Waals surface area contributed by atoms with Crippen molar-refractivity contribution >= 4 is 5.91 Å². The van der Waals surface area contributed by atoms with Crippen LogP contribution in [-0.4, -0.2) is 61.5 Å². The van der Waals surface area contributed by atoms with Crippen molar-refractivity contribution in [2.24, 2.45) is 0 Å². The van der Waals surface area contributed by atoms with E-state index in [4.69, 9.17) is 0 Å². The number of carbonyl (C=O) groups is 1. The van der Waals surface area contributed by atoms with Crippen molar-refractivity contribution in [1.29, 1.82) is 0 Å². The van der Waals surface area contributed by atoms with Gasteiger partial charge in [-0.2, -0.15) is 0 Å². The minimum Gasteiger partial charge on any atom is -0.339 e. The third-order valence-corrected chi connectivity index (χ3v) is 4.85. The van der Waals surface area contributed by atoms with Gasteiger partial charge < -0.3 is 15.1 Å². The van der Waals surface area contributed by atoms with E-state index in [1.165, 1.54) is 25.7 Å². The van der Waals surface area contributed by atoms with Crippen LogP contribution in [0.1, 0.15) is 38.5 Å². The van der Waals surface area contributed by atoms with E-state index in [1.807, 2.05) is 7.05 Å². The predicted molar refractivity (Wildman–Crippen MR) is 73.5 cm³/mol. The number of piperidine rings is 1. The molecular weight excluding hydrogens is 226 g/mol. The van der Waals surface area contributed by atoms with Crippen LogP contribution in [0.2, 0.25) is 0 Å². The maximum atomic E-state index is 12.4. The maximum absolute atomic E-state index is 12.4. The van der Waals surface area contributed by atoms with Crippen LogP contribution in [0.4, 0.5) is 0 Å². The van der Waals surface area contributed by atoms with Gasteiger partial charge in [0.15, 0.2) is 0 Å². The van der Waals surface area contributed by atoms with Crippen molar-refractivity contribution in [1.82, 2.24) is 15.1 Å². The van der Waals surface area contributed by atoms with Crippen molar-refractivity contribution in [2.45, 2.75) is 50.1 Å². The summed E-state index contributed by atoms with van der Waals surface area (Å²) in [5.74, 6) is 0.303. The highest BCUT2D eigenvalue weighted by Gasteiger charge is 2.40. The van der Waals surface area contributed by atoms with E-state index in [1.54, 1.807) is 0 Å². The molecule has 4 heteroatoms. The van der Waals surface area contributed by atoms with Crippen molar-refractivity contribution in [3.05, 3.63) is 0 Å². The highest BCUT2D eigenvalue weighted by atomic mass is 16.2. The number of hydrogen-bond acceptors (Lipinski definition) is 3. The number of amides is 1. The first-order chi connectivity index (χ1) is 8.59. The Morgan fingerprint density at radius 3 is 2.56 bits per heavy atom. The summed E-state index contributed by atoms with van der Waals surface area (Å²) in [5.41, 5.74) is 0.227. The van der Waals surface area contributed by atoms with Gasteiger partial charge in [0.2, 0.25) is 5.91 Å². The van der Waals surface area contributed by atoms with Crippen molar-refractivity contribution in [3.8, 4) is 0 Å². The lowest BCUT2D eigenvalue weighted by molar-refractivity contribution is -0.137. The van der Waals surface area contributed by atoms with Crippen LogP contribution >= 0.6 is 0 Å². The molecule has 1 atom stereocenters. The molecule has 0 aromatic rings. The van der Waals surface area contributed by atoms with Gasteiger partial charge >= 0.3 is 0 Å². The standard InChI is InChI=1S/C14H27N3O/c1-15-12-7-6-10-17(13(12)18)11-14(16(2)3)8-4-5-9-14/h12,15H,4-11H2,1-3H3. The van der Waals surface area contributed by atoms with Crippen LogP contribution < -0.4 is 5.32 Å². The smallest absolute Gasteiger partial charge is 0.239 e. The lowest BCUT2D eigenvalue weighted by Gasteiger charge is -2.43. The normalized spacial score (nSPS) is 28.1. The van der Waals surface area contributed by atoms with Crippen LogP contribution in [0.5, 0.6) is 0 Å². The second kappa shape index (κ2) is 5.57. The minimum atomic E-state index is 0.0411. The molecule has 1 unspecified atom stereocenters. The lowest BCUT2D eigenvalue weighted by atomic mass is 9.93. The first kappa shape index (κ1) is 13.8. The maximum Gasteiger partial charge on any atom is 0.239 e. The molecule has 2 fully saturated rings. The molecule has 0 spiro atoms. The molecule has 104 valence electrons. The van der Waals surface area contributed by atoms with Gasteiger partial charge in [-0.25, -0.2) is 0 Å². The Hall–Kier alpha value is -0.610. The fourth-order valence-corrected chi connectivity index (χ4v) is 3.50. The van der Waals surface area contributed by atoms with Gasteiger partial charge in [0, 0.05) is 18.6 Å². The highest BCUT2D eigenvalue weighted by molar-refractivity contribution is 5.82. The average Bonchev–Trinajstić information content (AvgIpc) is 2.82. The van der Waals surface area contributed by atoms with E-state index in [9.17, 15) is 4.79 Å². The predicted octanol–water partition coefficient (Wildman–Crippen LogP) is 1.07. The second-order valence-electron chi connectivity index (χ2n) is 6.07. The van der Waals surface area contributed by atoms with Gasteiger partial charge in [-0.15, -0.1) is 0 Å². The molecule has 1 saturated carbocycles. The monoisotopic (exact) mass is 253 g/mol. The van der Waals surface area contributed by atoms with Gasteiger partial charge in [0.05, 0.1) is 6.04 Å². The quantitative estimate of drug-likeness (QED) is 0.814. The molecule has 1 N–H and O–H groups in total. The summed E-state index contributed by atoms with van der Waals surface area (Å²) in [6.07, 6.45) is 7.18. The summed E-state index contributed by atoms with van der Waals surface area (Å²) in [6, 6.07) is 0.0411. The first-order valence-corrected chi connectivity index (χ1v) is 7.22. The fourth-order valence-electron chi connectivity index (χ4n) is 3.50. The van der Waals surface area contributed by atoms with Crippen LogP contribution in [0.3, 0.4) is 0 Å². The lowest BCUT2D eigenvalue weighted by Crippen LogP contribution is -2.57. The number of hydrogen-bond donors (Lipinski definition) is 1. The molecule has 2 aliphatic rings. The van der Waals surface area contributed by atoms with Crippen LogP contribution in [0, 0.1) is 0 Å². The van der Waals surface area contributed by atoms with Crippen LogP contribution in [0.25, 0.3) is 0 Å². The SMILES string of the molecule is CNC1CCCN(CC2(N(C)C)CCCC2)C1=O. The van der Waals surface area contributed by atoms with Crippen molar-refractivity contribution in [2.75, 3.05) is 34.2 Å². The number of carbonyl (C=O) groups excluding carboxylic acids is 1. The molecule has 18 heavy (non-hydrogen) atoms. The topological polar surface area (TPSA) is 35.6 Å². The number of rotatable bonds is 4. The molecule has 0 aromatic carbocycles. The Labute approximate surface area is 111 Å². The summed E-state index contributed by atoms with van der Waals surface area (Å²) in [5, 5.41) is 3.15. The molecular formula is C14H27N3O. The Morgan fingerprint density at radius 1 is 1.33 bits per heavy atom. The van der Waals surface area contributed by atoms with E-state index >= 15 is 0 Å². The average molecular weight is 253 g/mol. The largest absolute Gasteiger partial charge is 0.339 e. The molecule has 1 aliphatic carbocycles. The van der Waals surface area contributed by atoms with Gasteiger partial charge in [-0.3, -0.25) is 4.79 Å². The zero-order chi connectivity index (χ0) is 13.2. The molecule has 2 rings (SSSR count). The Bertz CT molecular complexity index is 297. The van der Waals surface area contributed by atoms with Crippen molar-refractivity contribution in [3.63, 3.8) is 0 Å². The molecule has 4 nitrogen and oxygen atoms in total. The van der Waals surface area contributed by atoms with Gasteiger partial charge in [0.25, 0.3) is 0 Å².